The molecule has 2 aromatic heterocycles. The molecule has 0 aliphatic rings. The summed E-state index contributed by atoms with van der Waals surface area (Å²) in [5.74, 6) is -0.649. The summed E-state index contributed by atoms with van der Waals surface area (Å²) in [6.45, 7) is 2.04. The molecule has 1 amide bonds. The number of thioether (sulfide) groups is 1. The van der Waals surface area contributed by atoms with Crippen LogP contribution < -0.4 is 5.32 Å². The molecule has 0 aliphatic heterocycles. The van der Waals surface area contributed by atoms with Crippen molar-refractivity contribution in [2.45, 2.75) is 11.9 Å². The molecular formula is C21H17FN4OS. The molecule has 4 aromatic rings. The summed E-state index contributed by atoms with van der Waals surface area (Å²) in [5.41, 5.74) is 4.97. The number of aryl methyl sites for hydroxylation is 1. The van der Waals surface area contributed by atoms with Gasteiger partial charge in [-0.25, -0.2) is 14.4 Å². The minimum absolute atomic E-state index is 0.110. The van der Waals surface area contributed by atoms with Gasteiger partial charge in [-0.05, 0) is 24.6 Å². The molecule has 0 bridgehead atoms. The zero-order valence-electron chi connectivity index (χ0n) is 15.1. The highest BCUT2D eigenvalue weighted by Gasteiger charge is 2.14. The van der Waals surface area contributed by atoms with E-state index in [1.165, 1.54) is 35.8 Å². The van der Waals surface area contributed by atoms with Crippen LogP contribution >= 0.6 is 11.8 Å². The van der Waals surface area contributed by atoms with E-state index >= 15 is 0 Å². The standard InChI is InChI=1S/C21H17FN4OS/c1-13-5-4-6-14(9-13)15-10-23-20-19(15)24-12-25-21(20)28-11-18(27)26-17-8-3-2-7-16(17)22/h2-10,12,23H,11H2,1H3,(H,26,27). The Morgan fingerprint density at radius 3 is 2.86 bits per heavy atom. The third-order valence-electron chi connectivity index (χ3n) is 4.25. The van der Waals surface area contributed by atoms with Crippen molar-refractivity contribution in [3.05, 3.63) is 72.4 Å². The number of fused-ring (bicyclic) bond motifs is 1. The molecule has 0 radical (unpaired) electrons. The molecule has 0 aliphatic carbocycles. The quantitative estimate of drug-likeness (QED) is 0.378. The number of aromatic amines is 1. The van der Waals surface area contributed by atoms with Gasteiger partial charge in [0.05, 0.1) is 17.0 Å². The number of carbonyl (C=O) groups is 1. The molecule has 0 spiro atoms. The van der Waals surface area contributed by atoms with Crippen LogP contribution in [0.1, 0.15) is 5.56 Å². The van der Waals surface area contributed by atoms with E-state index in [0.29, 0.717) is 5.03 Å². The first kappa shape index (κ1) is 18.2. The fourth-order valence-corrected chi connectivity index (χ4v) is 3.70. The predicted octanol–water partition coefficient (Wildman–Crippen LogP) is 4.80. The first-order valence-electron chi connectivity index (χ1n) is 8.68. The summed E-state index contributed by atoms with van der Waals surface area (Å²) >= 11 is 1.28. The molecular weight excluding hydrogens is 375 g/mol. The highest BCUT2D eigenvalue weighted by molar-refractivity contribution is 8.00. The Bertz CT molecular complexity index is 1160. The van der Waals surface area contributed by atoms with Gasteiger partial charge in [0.25, 0.3) is 0 Å². The maximum absolute atomic E-state index is 13.7. The molecule has 0 atom stereocenters. The number of rotatable bonds is 5. The topological polar surface area (TPSA) is 70.7 Å². The summed E-state index contributed by atoms with van der Waals surface area (Å²) in [7, 11) is 0. The van der Waals surface area contributed by atoms with Crippen molar-refractivity contribution in [2.24, 2.45) is 0 Å². The number of carbonyl (C=O) groups excluding carboxylic acids is 1. The number of hydrogen-bond acceptors (Lipinski definition) is 4. The largest absolute Gasteiger partial charge is 0.357 e. The lowest BCUT2D eigenvalue weighted by Gasteiger charge is -2.06. The molecule has 0 saturated heterocycles. The molecule has 2 N–H and O–H groups in total. The zero-order chi connectivity index (χ0) is 19.5. The number of nitrogens with zero attached hydrogens (tertiary/aromatic N) is 2. The van der Waals surface area contributed by atoms with Crippen molar-refractivity contribution in [1.82, 2.24) is 15.0 Å². The highest BCUT2D eigenvalue weighted by atomic mass is 32.2. The van der Waals surface area contributed by atoms with Crippen LogP contribution in [0.5, 0.6) is 0 Å². The van der Waals surface area contributed by atoms with Crippen LogP contribution in [0, 0.1) is 12.7 Å². The lowest BCUT2D eigenvalue weighted by Crippen LogP contribution is -2.15. The molecule has 4 rings (SSSR count). The summed E-state index contributed by atoms with van der Waals surface area (Å²) in [4.78, 5) is 24.1. The van der Waals surface area contributed by atoms with Gasteiger partial charge in [-0.3, -0.25) is 4.79 Å². The lowest BCUT2D eigenvalue weighted by molar-refractivity contribution is -0.113. The van der Waals surface area contributed by atoms with Crippen molar-refractivity contribution in [2.75, 3.05) is 11.1 Å². The van der Waals surface area contributed by atoms with E-state index in [9.17, 15) is 9.18 Å². The van der Waals surface area contributed by atoms with E-state index in [0.717, 1.165) is 22.2 Å². The van der Waals surface area contributed by atoms with Crippen LogP contribution in [-0.2, 0) is 4.79 Å². The Morgan fingerprint density at radius 2 is 2.04 bits per heavy atom. The number of hydrogen-bond donors (Lipinski definition) is 2. The molecule has 140 valence electrons. The lowest BCUT2D eigenvalue weighted by atomic mass is 10.1. The predicted molar refractivity (Wildman–Crippen MR) is 110 cm³/mol. The number of benzene rings is 2. The van der Waals surface area contributed by atoms with Gasteiger partial charge < -0.3 is 10.3 Å². The molecule has 2 heterocycles. The Labute approximate surface area is 165 Å². The summed E-state index contributed by atoms with van der Waals surface area (Å²) in [6.07, 6.45) is 3.39. The van der Waals surface area contributed by atoms with Crippen LogP contribution in [0.4, 0.5) is 10.1 Å². The second-order valence-electron chi connectivity index (χ2n) is 6.29. The number of anilines is 1. The van der Waals surface area contributed by atoms with Gasteiger partial charge >= 0.3 is 0 Å². The van der Waals surface area contributed by atoms with Crippen LogP contribution in [0.15, 0.2) is 66.1 Å². The number of H-pyrrole nitrogens is 1. The average Bonchev–Trinajstić information content (AvgIpc) is 3.13. The molecule has 0 fully saturated rings. The van der Waals surface area contributed by atoms with Crippen LogP contribution in [0.25, 0.3) is 22.2 Å². The number of halogens is 1. The third-order valence-corrected chi connectivity index (χ3v) is 5.23. The van der Waals surface area contributed by atoms with E-state index in [1.807, 2.05) is 31.3 Å². The second kappa shape index (κ2) is 7.82. The van der Waals surface area contributed by atoms with Crippen molar-refractivity contribution < 1.29 is 9.18 Å². The molecule has 2 aromatic carbocycles. The SMILES string of the molecule is Cc1cccc(-c2c[nH]c3c(SCC(=O)Nc4ccccc4F)ncnc23)c1. The Hall–Kier alpha value is -3.19. The Morgan fingerprint density at radius 1 is 1.18 bits per heavy atom. The third kappa shape index (κ3) is 3.75. The van der Waals surface area contributed by atoms with Gasteiger partial charge in [0.1, 0.15) is 22.7 Å². The fourth-order valence-electron chi connectivity index (χ4n) is 2.94. The maximum atomic E-state index is 13.7. The average molecular weight is 392 g/mol. The van der Waals surface area contributed by atoms with Crippen LogP contribution in [0.2, 0.25) is 0 Å². The van der Waals surface area contributed by atoms with Gasteiger partial charge in [-0.15, -0.1) is 0 Å². The van der Waals surface area contributed by atoms with Gasteiger partial charge in [0, 0.05) is 11.8 Å². The molecule has 7 heteroatoms. The molecule has 28 heavy (non-hydrogen) atoms. The second-order valence-corrected chi connectivity index (χ2v) is 7.26. The van der Waals surface area contributed by atoms with E-state index in [2.05, 4.69) is 26.3 Å². The number of nitrogens with one attached hydrogen (secondary N) is 2. The molecule has 5 nitrogen and oxygen atoms in total. The summed E-state index contributed by atoms with van der Waals surface area (Å²) in [6, 6.07) is 14.3. The van der Waals surface area contributed by atoms with E-state index < -0.39 is 5.82 Å². The maximum Gasteiger partial charge on any atom is 0.234 e. The summed E-state index contributed by atoms with van der Waals surface area (Å²) < 4.78 is 13.7. The minimum Gasteiger partial charge on any atom is -0.357 e. The van der Waals surface area contributed by atoms with Crippen molar-refractivity contribution >= 4 is 34.4 Å². The van der Waals surface area contributed by atoms with Crippen LogP contribution in [-0.4, -0.2) is 26.6 Å². The first-order chi connectivity index (χ1) is 13.6. The minimum atomic E-state index is -0.461. The monoisotopic (exact) mass is 392 g/mol. The zero-order valence-corrected chi connectivity index (χ0v) is 15.9. The smallest absolute Gasteiger partial charge is 0.234 e. The number of para-hydroxylation sites is 1. The van der Waals surface area contributed by atoms with E-state index in [-0.39, 0.29) is 17.3 Å². The van der Waals surface area contributed by atoms with Gasteiger partial charge in [-0.2, -0.15) is 0 Å². The fraction of sp³-hybridized carbons (Fsp3) is 0.0952. The number of amides is 1. The van der Waals surface area contributed by atoms with Crippen molar-refractivity contribution in [3.63, 3.8) is 0 Å². The van der Waals surface area contributed by atoms with Gasteiger partial charge in [-0.1, -0.05) is 53.7 Å². The normalized spacial score (nSPS) is 10.9. The Kier molecular flexibility index (Phi) is 5.08. The van der Waals surface area contributed by atoms with Crippen molar-refractivity contribution in [1.29, 1.82) is 0 Å². The summed E-state index contributed by atoms with van der Waals surface area (Å²) in [5, 5.41) is 3.25. The van der Waals surface area contributed by atoms with Gasteiger partial charge in [0.2, 0.25) is 5.91 Å². The number of aromatic nitrogens is 3. The van der Waals surface area contributed by atoms with E-state index in [1.54, 1.807) is 12.1 Å². The molecule has 0 unspecified atom stereocenters. The van der Waals surface area contributed by atoms with E-state index in [4.69, 9.17) is 0 Å². The van der Waals surface area contributed by atoms with Gasteiger partial charge in [0.15, 0.2) is 0 Å². The molecule has 0 saturated carbocycles. The highest BCUT2D eigenvalue weighted by Crippen LogP contribution is 2.31. The van der Waals surface area contributed by atoms with Crippen LogP contribution in [0.3, 0.4) is 0 Å². The Balaban J connectivity index is 1.53. The first-order valence-corrected chi connectivity index (χ1v) is 9.66. The van der Waals surface area contributed by atoms with Crippen molar-refractivity contribution in [3.8, 4) is 11.1 Å².